The first-order chi connectivity index (χ1) is 8.27. The smallest absolute Gasteiger partial charge is 0.326 e. The second kappa shape index (κ2) is 7.11. The van der Waals surface area contributed by atoms with Crippen molar-refractivity contribution in [2.75, 3.05) is 13.6 Å². The average molecular weight is 257 g/mol. The third-order valence-electron chi connectivity index (χ3n) is 2.09. The Morgan fingerprint density at radius 3 is 2.33 bits per heavy atom. The van der Waals surface area contributed by atoms with Gasteiger partial charge in [-0.25, -0.2) is 9.59 Å². The van der Waals surface area contributed by atoms with E-state index in [1.807, 2.05) is 6.07 Å². The van der Waals surface area contributed by atoms with E-state index >= 15 is 0 Å². The van der Waals surface area contributed by atoms with Gasteiger partial charge in [-0.3, -0.25) is 4.79 Å². The Morgan fingerprint density at radius 1 is 1.39 bits per heavy atom. The molecule has 0 rings (SSSR count). The highest BCUT2D eigenvalue weighted by atomic mass is 16.4. The molecule has 8 heteroatoms. The largest absolute Gasteiger partial charge is 0.481 e. The molecule has 0 aliphatic rings. The molecule has 0 aromatic rings. The van der Waals surface area contributed by atoms with E-state index in [1.165, 1.54) is 7.05 Å². The van der Waals surface area contributed by atoms with Crippen molar-refractivity contribution in [1.29, 1.82) is 5.26 Å². The molecular formula is C10H15N3O5. The van der Waals surface area contributed by atoms with Gasteiger partial charge in [0.15, 0.2) is 0 Å². The van der Waals surface area contributed by atoms with Crippen molar-refractivity contribution in [3.8, 4) is 6.07 Å². The standard InChI is InChI=1S/C10H15N3O5/c1-6(4-11)5-13(2)10(18)12-7(9(16)17)3-8(14)15/h6-7H,3,5H2,1-2H3,(H,12,18)(H,14,15)(H,16,17)/t6?,7-/m0/s1. The summed E-state index contributed by atoms with van der Waals surface area (Å²) in [5, 5.41) is 27.9. The number of nitrogens with one attached hydrogen (secondary N) is 1. The van der Waals surface area contributed by atoms with Crippen molar-refractivity contribution in [2.24, 2.45) is 5.92 Å². The van der Waals surface area contributed by atoms with Crippen molar-refractivity contribution in [2.45, 2.75) is 19.4 Å². The zero-order chi connectivity index (χ0) is 14.3. The number of hydrogen-bond donors (Lipinski definition) is 3. The fourth-order valence-corrected chi connectivity index (χ4v) is 1.17. The number of nitrogens with zero attached hydrogens (tertiary/aromatic N) is 2. The number of rotatable bonds is 6. The first-order valence-corrected chi connectivity index (χ1v) is 5.13. The van der Waals surface area contributed by atoms with Crippen LogP contribution in [0.1, 0.15) is 13.3 Å². The normalized spacial score (nSPS) is 12.9. The van der Waals surface area contributed by atoms with Crippen LogP contribution in [0.5, 0.6) is 0 Å². The second-order valence-electron chi connectivity index (χ2n) is 3.85. The molecule has 0 saturated heterocycles. The molecular weight excluding hydrogens is 242 g/mol. The molecule has 2 atom stereocenters. The van der Waals surface area contributed by atoms with Gasteiger partial charge in [-0.1, -0.05) is 0 Å². The Morgan fingerprint density at radius 2 is 1.94 bits per heavy atom. The maximum Gasteiger partial charge on any atom is 0.326 e. The lowest BCUT2D eigenvalue weighted by Crippen LogP contribution is -2.48. The van der Waals surface area contributed by atoms with Crippen molar-refractivity contribution in [3.05, 3.63) is 0 Å². The number of urea groups is 1. The maximum absolute atomic E-state index is 11.5. The van der Waals surface area contributed by atoms with Crippen molar-refractivity contribution >= 4 is 18.0 Å². The molecule has 0 aliphatic heterocycles. The minimum atomic E-state index is -1.49. The van der Waals surface area contributed by atoms with E-state index in [2.05, 4.69) is 5.32 Å². The molecule has 0 saturated carbocycles. The van der Waals surface area contributed by atoms with Crippen LogP contribution in [0.15, 0.2) is 0 Å². The lowest BCUT2D eigenvalue weighted by molar-refractivity contribution is -0.145. The van der Waals surface area contributed by atoms with E-state index in [4.69, 9.17) is 15.5 Å². The fourth-order valence-electron chi connectivity index (χ4n) is 1.17. The summed E-state index contributed by atoms with van der Waals surface area (Å²) >= 11 is 0. The SMILES string of the molecule is CC(C#N)CN(C)C(=O)N[C@@H](CC(=O)O)C(=O)O. The monoisotopic (exact) mass is 257 g/mol. The quantitative estimate of drug-likeness (QED) is 0.599. The van der Waals surface area contributed by atoms with Crippen molar-refractivity contribution in [3.63, 3.8) is 0 Å². The highest BCUT2D eigenvalue weighted by molar-refractivity contribution is 5.86. The van der Waals surface area contributed by atoms with Crippen molar-refractivity contribution in [1.82, 2.24) is 10.2 Å². The third kappa shape index (κ3) is 5.69. The van der Waals surface area contributed by atoms with Crippen LogP contribution >= 0.6 is 0 Å². The molecule has 0 aromatic carbocycles. The number of aliphatic carboxylic acids is 2. The predicted molar refractivity (Wildman–Crippen MR) is 59.6 cm³/mol. The number of carboxylic acids is 2. The number of carbonyl (C=O) groups is 3. The van der Waals surface area contributed by atoms with E-state index < -0.39 is 36.4 Å². The highest BCUT2D eigenvalue weighted by Gasteiger charge is 2.24. The van der Waals surface area contributed by atoms with Gasteiger partial charge in [-0.2, -0.15) is 5.26 Å². The van der Waals surface area contributed by atoms with Gasteiger partial charge in [0.25, 0.3) is 0 Å². The molecule has 8 nitrogen and oxygen atoms in total. The summed E-state index contributed by atoms with van der Waals surface area (Å²) in [5.74, 6) is -3.15. The molecule has 0 fully saturated rings. The molecule has 100 valence electrons. The second-order valence-corrected chi connectivity index (χ2v) is 3.85. The van der Waals surface area contributed by atoms with Gasteiger partial charge >= 0.3 is 18.0 Å². The van der Waals surface area contributed by atoms with Crippen LogP contribution in [-0.2, 0) is 9.59 Å². The van der Waals surface area contributed by atoms with Crippen molar-refractivity contribution < 1.29 is 24.6 Å². The van der Waals surface area contributed by atoms with Gasteiger partial charge in [0.05, 0.1) is 18.4 Å². The number of carbonyl (C=O) groups excluding carboxylic acids is 1. The maximum atomic E-state index is 11.5. The summed E-state index contributed by atoms with van der Waals surface area (Å²) in [6, 6.07) is -0.295. The molecule has 0 heterocycles. The first-order valence-electron chi connectivity index (χ1n) is 5.13. The summed E-state index contributed by atoms with van der Waals surface area (Å²) < 4.78 is 0. The number of amides is 2. The van der Waals surface area contributed by atoms with Crippen LogP contribution in [0.3, 0.4) is 0 Å². The summed E-state index contributed by atoms with van der Waals surface area (Å²) in [5.41, 5.74) is 0. The Bertz CT molecular complexity index is 376. The molecule has 2 amide bonds. The predicted octanol–water partition coefficient (Wildman–Crippen LogP) is -0.285. The van der Waals surface area contributed by atoms with Crippen LogP contribution in [0.2, 0.25) is 0 Å². The summed E-state index contributed by atoms with van der Waals surface area (Å²) in [4.78, 5) is 33.8. The Kier molecular flexibility index (Phi) is 6.20. The minimum absolute atomic E-state index is 0.127. The van der Waals surface area contributed by atoms with E-state index in [0.29, 0.717) is 0 Å². The van der Waals surface area contributed by atoms with Gasteiger partial charge in [0.1, 0.15) is 6.04 Å². The van der Waals surface area contributed by atoms with Gasteiger partial charge in [0.2, 0.25) is 0 Å². The van der Waals surface area contributed by atoms with Crippen LogP contribution < -0.4 is 5.32 Å². The van der Waals surface area contributed by atoms with Crippen LogP contribution in [0.4, 0.5) is 4.79 Å². The molecule has 0 spiro atoms. The number of carboxylic acid groups (broad SMARTS) is 2. The molecule has 3 N–H and O–H groups in total. The molecule has 0 radical (unpaired) electrons. The minimum Gasteiger partial charge on any atom is -0.481 e. The van der Waals surface area contributed by atoms with E-state index in [0.717, 1.165) is 4.90 Å². The van der Waals surface area contributed by atoms with Gasteiger partial charge in [0, 0.05) is 13.6 Å². The topological polar surface area (TPSA) is 131 Å². The highest BCUT2D eigenvalue weighted by Crippen LogP contribution is 1.99. The Labute approximate surface area is 104 Å². The van der Waals surface area contributed by atoms with E-state index in [9.17, 15) is 14.4 Å². The third-order valence-corrected chi connectivity index (χ3v) is 2.09. The van der Waals surface area contributed by atoms with Crippen LogP contribution in [0, 0.1) is 17.2 Å². The molecule has 18 heavy (non-hydrogen) atoms. The Hall–Kier alpha value is -2.30. The van der Waals surface area contributed by atoms with E-state index in [-0.39, 0.29) is 6.54 Å². The molecule has 0 bridgehead atoms. The lowest BCUT2D eigenvalue weighted by Gasteiger charge is -2.21. The summed E-state index contributed by atoms with van der Waals surface area (Å²) in [6.45, 7) is 1.73. The summed E-state index contributed by atoms with van der Waals surface area (Å²) in [7, 11) is 1.39. The average Bonchev–Trinajstić information content (AvgIpc) is 2.26. The zero-order valence-electron chi connectivity index (χ0n) is 10.1. The number of hydrogen-bond acceptors (Lipinski definition) is 4. The van der Waals surface area contributed by atoms with Crippen LogP contribution in [0.25, 0.3) is 0 Å². The fraction of sp³-hybridized carbons (Fsp3) is 0.600. The summed E-state index contributed by atoms with van der Waals surface area (Å²) in [6.07, 6.45) is -0.706. The van der Waals surface area contributed by atoms with Crippen LogP contribution in [-0.4, -0.2) is 52.7 Å². The lowest BCUT2D eigenvalue weighted by atomic mass is 10.2. The zero-order valence-corrected chi connectivity index (χ0v) is 10.1. The van der Waals surface area contributed by atoms with Gasteiger partial charge in [-0.05, 0) is 6.92 Å². The Balaban J connectivity index is 4.46. The van der Waals surface area contributed by atoms with Gasteiger partial charge < -0.3 is 20.4 Å². The number of nitriles is 1. The molecule has 0 aromatic heterocycles. The molecule has 1 unspecified atom stereocenters. The van der Waals surface area contributed by atoms with Gasteiger partial charge in [-0.15, -0.1) is 0 Å². The van der Waals surface area contributed by atoms with E-state index in [1.54, 1.807) is 6.92 Å². The molecule has 0 aliphatic carbocycles. The first kappa shape index (κ1) is 15.7.